The third-order valence-electron chi connectivity index (χ3n) is 7.19. The van der Waals surface area contributed by atoms with Crippen LogP contribution in [0, 0.1) is 11.3 Å². The van der Waals surface area contributed by atoms with Gasteiger partial charge in [0.2, 0.25) is 5.91 Å². The van der Waals surface area contributed by atoms with E-state index < -0.39 is 23.5 Å². The quantitative estimate of drug-likeness (QED) is 0.697. The maximum atomic E-state index is 12.9. The molecule has 1 aliphatic carbocycles. The Morgan fingerprint density at radius 2 is 1.64 bits per heavy atom. The van der Waals surface area contributed by atoms with Crippen molar-refractivity contribution in [2.24, 2.45) is 11.3 Å². The predicted octanol–water partition coefficient (Wildman–Crippen LogP) is 3.87. The number of fused-ring (bicyclic) bond motifs is 3. The lowest BCUT2D eigenvalue weighted by Crippen LogP contribution is -2.48. The van der Waals surface area contributed by atoms with Gasteiger partial charge in [-0.1, -0.05) is 62.4 Å². The van der Waals surface area contributed by atoms with Crippen LogP contribution in [0.15, 0.2) is 48.5 Å². The Kier molecular flexibility index (Phi) is 6.15. The zero-order valence-corrected chi connectivity index (χ0v) is 19.2. The number of benzene rings is 2. The summed E-state index contributed by atoms with van der Waals surface area (Å²) in [7, 11) is 0. The number of ether oxygens (including phenoxy) is 1. The monoisotopic (exact) mass is 450 g/mol. The highest BCUT2D eigenvalue weighted by Crippen LogP contribution is 2.44. The summed E-state index contributed by atoms with van der Waals surface area (Å²) < 4.78 is 5.53. The molecular weight excluding hydrogens is 420 g/mol. The van der Waals surface area contributed by atoms with Crippen molar-refractivity contribution in [2.75, 3.05) is 19.7 Å². The largest absolute Gasteiger partial charge is 0.481 e. The molecule has 2 unspecified atom stereocenters. The number of amides is 2. The van der Waals surface area contributed by atoms with Gasteiger partial charge in [-0.05, 0) is 41.5 Å². The molecule has 2 aliphatic rings. The van der Waals surface area contributed by atoms with Crippen molar-refractivity contribution in [3.8, 4) is 11.1 Å². The maximum Gasteiger partial charge on any atom is 0.407 e. The normalized spacial score (nSPS) is 20.3. The lowest BCUT2D eigenvalue weighted by Gasteiger charge is -2.29. The van der Waals surface area contributed by atoms with Gasteiger partial charge in [0, 0.05) is 19.0 Å². The van der Waals surface area contributed by atoms with Gasteiger partial charge >= 0.3 is 12.1 Å². The SMILES string of the molecule is CC(NC(=O)OCC1c2ccccc2-c2ccccc21)C(=O)N1CCC(C(=O)O)(C(C)C)C1. The number of hydrogen-bond acceptors (Lipinski definition) is 4. The number of alkyl carbamates (subject to hydrolysis) is 1. The third-order valence-corrected chi connectivity index (χ3v) is 7.19. The first-order valence-electron chi connectivity index (χ1n) is 11.4. The van der Waals surface area contributed by atoms with Crippen molar-refractivity contribution < 1.29 is 24.2 Å². The Bertz CT molecular complexity index is 1040. The molecular formula is C26H30N2O5. The number of carbonyl (C=O) groups excluding carboxylic acids is 2. The molecule has 0 bridgehead atoms. The van der Waals surface area contributed by atoms with Gasteiger partial charge < -0.3 is 20.1 Å². The zero-order valence-electron chi connectivity index (χ0n) is 19.2. The molecule has 2 atom stereocenters. The summed E-state index contributed by atoms with van der Waals surface area (Å²) in [4.78, 5) is 38.7. The van der Waals surface area contributed by atoms with Crippen LogP contribution in [-0.2, 0) is 14.3 Å². The van der Waals surface area contributed by atoms with Crippen molar-refractivity contribution in [1.29, 1.82) is 0 Å². The average Bonchev–Trinajstić information content (AvgIpc) is 3.38. The highest BCUT2D eigenvalue weighted by atomic mass is 16.5. The number of likely N-dealkylation sites (tertiary alicyclic amines) is 1. The van der Waals surface area contributed by atoms with Gasteiger partial charge in [0.05, 0.1) is 5.41 Å². The summed E-state index contributed by atoms with van der Waals surface area (Å²) in [5.41, 5.74) is 3.58. The van der Waals surface area contributed by atoms with Gasteiger partial charge in [-0.3, -0.25) is 9.59 Å². The Hall–Kier alpha value is -3.35. The Morgan fingerprint density at radius 1 is 1.06 bits per heavy atom. The van der Waals surface area contributed by atoms with Crippen LogP contribution < -0.4 is 5.32 Å². The summed E-state index contributed by atoms with van der Waals surface area (Å²) in [5.74, 6) is -1.34. The number of aliphatic carboxylic acids is 1. The van der Waals surface area contributed by atoms with E-state index in [0.717, 1.165) is 22.3 Å². The van der Waals surface area contributed by atoms with Crippen LogP contribution in [0.25, 0.3) is 11.1 Å². The van der Waals surface area contributed by atoms with Crippen LogP contribution in [0.1, 0.15) is 44.2 Å². The van der Waals surface area contributed by atoms with Gasteiger partial charge in [0.25, 0.3) is 0 Å². The minimum absolute atomic E-state index is 0.0602. The second-order valence-corrected chi connectivity index (χ2v) is 9.32. The number of carboxylic acids is 1. The van der Waals surface area contributed by atoms with E-state index in [-0.39, 0.29) is 30.9 Å². The van der Waals surface area contributed by atoms with Crippen LogP contribution in [-0.4, -0.2) is 53.7 Å². The number of carbonyl (C=O) groups is 3. The fraction of sp³-hybridized carbons (Fsp3) is 0.423. The smallest absolute Gasteiger partial charge is 0.407 e. The van der Waals surface area contributed by atoms with E-state index >= 15 is 0 Å². The van der Waals surface area contributed by atoms with Gasteiger partial charge in [-0.25, -0.2) is 4.79 Å². The Morgan fingerprint density at radius 3 is 2.15 bits per heavy atom. The zero-order chi connectivity index (χ0) is 23.8. The maximum absolute atomic E-state index is 12.9. The first-order chi connectivity index (χ1) is 15.7. The summed E-state index contributed by atoms with van der Waals surface area (Å²) >= 11 is 0. The molecule has 0 radical (unpaired) electrons. The Balaban J connectivity index is 1.36. The number of rotatable bonds is 6. The minimum atomic E-state index is -0.945. The molecule has 7 nitrogen and oxygen atoms in total. The predicted molar refractivity (Wildman–Crippen MR) is 124 cm³/mol. The molecule has 0 saturated carbocycles. The van der Waals surface area contributed by atoms with Crippen LogP contribution in [0.2, 0.25) is 0 Å². The summed E-state index contributed by atoms with van der Waals surface area (Å²) in [6, 6.07) is 15.4. The molecule has 2 N–H and O–H groups in total. The van der Waals surface area contributed by atoms with Crippen molar-refractivity contribution in [2.45, 2.75) is 39.2 Å². The van der Waals surface area contributed by atoms with Crippen molar-refractivity contribution in [1.82, 2.24) is 10.2 Å². The lowest BCUT2D eigenvalue weighted by atomic mass is 9.76. The molecule has 2 aromatic rings. The first-order valence-corrected chi connectivity index (χ1v) is 11.4. The highest BCUT2D eigenvalue weighted by Gasteiger charge is 2.49. The van der Waals surface area contributed by atoms with E-state index in [1.165, 1.54) is 4.90 Å². The van der Waals surface area contributed by atoms with E-state index in [1.807, 2.05) is 50.2 Å². The lowest BCUT2D eigenvalue weighted by molar-refractivity contribution is -0.151. The van der Waals surface area contributed by atoms with E-state index in [4.69, 9.17) is 4.74 Å². The standard InChI is InChI=1S/C26H30N2O5/c1-16(2)26(24(30)31)12-13-28(15-26)23(29)17(3)27-25(32)33-14-22-20-10-6-4-8-18(20)19-9-5-7-11-21(19)22/h4-11,16-17,22H,12-15H2,1-3H3,(H,27,32)(H,30,31). The molecule has 33 heavy (non-hydrogen) atoms. The molecule has 174 valence electrons. The van der Waals surface area contributed by atoms with Gasteiger partial charge in [0.1, 0.15) is 12.6 Å². The second kappa shape index (κ2) is 8.89. The molecule has 0 aromatic heterocycles. The Labute approximate surface area is 193 Å². The number of nitrogens with zero attached hydrogens (tertiary/aromatic N) is 1. The number of hydrogen-bond donors (Lipinski definition) is 2. The van der Waals surface area contributed by atoms with E-state index in [1.54, 1.807) is 6.92 Å². The summed E-state index contributed by atoms with van der Waals surface area (Å²) in [6.45, 7) is 6.00. The van der Waals surface area contributed by atoms with E-state index in [0.29, 0.717) is 13.0 Å². The molecule has 0 spiro atoms. The van der Waals surface area contributed by atoms with Crippen LogP contribution >= 0.6 is 0 Å². The molecule has 1 fully saturated rings. The van der Waals surface area contributed by atoms with Crippen LogP contribution in [0.5, 0.6) is 0 Å². The molecule has 1 heterocycles. The van der Waals surface area contributed by atoms with Crippen molar-refractivity contribution >= 4 is 18.0 Å². The van der Waals surface area contributed by atoms with Gasteiger partial charge in [0.15, 0.2) is 0 Å². The molecule has 2 amide bonds. The van der Waals surface area contributed by atoms with Crippen molar-refractivity contribution in [3.63, 3.8) is 0 Å². The molecule has 4 rings (SSSR count). The molecule has 7 heteroatoms. The van der Waals surface area contributed by atoms with Gasteiger partial charge in [-0.2, -0.15) is 0 Å². The average molecular weight is 451 g/mol. The number of carboxylic acid groups (broad SMARTS) is 1. The van der Waals surface area contributed by atoms with Crippen LogP contribution in [0.3, 0.4) is 0 Å². The highest BCUT2D eigenvalue weighted by molar-refractivity contribution is 5.87. The van der Waals surface area contributed by atoms with Gasteiger partial charge in [-0.15, -0.1) is 0 Å². The molecule has 2 aromatic carbocycles. The number of nitrogens with one attached hydrogen (secondary N) is 1. The third kappa shape index (κ3) is 4.08. The van der Waals surface area contributed by atoms with Crippen molar-refractivity contribution in [3.05, 3.63) is 59.7 Å². The van der Waals surface area contributed by atoms with E-state index in [2.05, 4.69) is 17.4 Å². The van der Waals surface area contributed by atoms with E-state index in [9.17, 15) is 19.5 Å². The topological polar surface area (TPSA) is 95.9 Å². The summed E-state index contributed by atoms with van der Waals surface area (Å²) in [5, 5.41) is 12.3. The fourth-order valence-electron chi connectivity index (χ4n) is 5.07. The molecule has 1 saturated heterocycles. The van der Waals surface area contributed by atoms with Crippen LogP contribution in [0.4, 0.5) is 4.79 Å². The fourth-order valence-corrected chi connectivity index (χ4v) is 5.07. The minimum Gasteiger partial charge on any atom is -0.481 e. The first kappa shape index (κ1) is 22.8. The second-order valence-electron chi connectivity index (χ2n) is 9.32. The summed E-state index contributed by atoms with van der Waals surface area (Å²) in [6.07, 6.45) is -0.256. The molecule has 1 aliphatic heterocycles.